The number of amidine groups is 1. The van der Waals surface area contributed by atoms with Gasteiger partial charge in [-0.15, -0.1) is 0 Å². The molecule has 0 atom stereocenters. The van der Waals surface area contributed by atoms with Crippen molar-refractivity contribution in [3.63, 3.8) is 0 Å². The Morgan fingerprint density at radius 3 is 2.67 bits per heavy atom. The molecule has 0 spiro atoms. The second-order valence-electron chi connectivity index (χ2n) is 4.42. The van der Waals surface area contributed by atoms with Gasteiger partial charge in [0.25, 0.3) is 0 Å². The van der Waals surface area contributed by atoms with Gasteiger partial charge in [0, 0.05) is 24.7 Å². The summed E-state index contributed by atoms with van der Waals surface area (Å²) in [6.07, 6.45) is 3.61. The van der Waals surface area contributed by atoms with Crippen LogP contribution >= 0.6 is 0 Å². The normalized spacial score (nSPS) is 16.7. The van der Waals surface area contributed by atoms with E-state index < -0.39 is 0 Å². The van der Waals surface area contributed by atoms with E-state index in [1.54, 1.807) is 7.11 Å². The van der Waals surface area contributed by atoms with Crippen molar-refractivity contribution < 1.29 is 9.94 Å². The summed E-state index contributed by atoms with van der Waals surface area (Å²) < 4.78 is 5.24. The second-order valence-corrected chi connectivity index (χ2v) is 4.42. The zero-order chi connectivity index (χ0) is 13.0. The molecule has 2 rings (SSSR count). The molecule has 0 aliphatic carbocycles. The summed E-state index contributed by atoms with van der Waals surface area (Å²) in [6.45, 7) is 2.00. The van der Waals surface area contributed by atoms with Crippen molar-refractivity contribution in [3.05, 3.63) is 23.8 Å². The number of rotatable bonds is 3. The molecule has 1 aliphatic heterocycles. The third-order valence-corrected chi connectivity index (χ3v) is 3.29. The highest BCUT2D eigenvalue weighted by Crippen LogP contribution is 2.28. The van der Waals surface area contributed by atoms with E-state index in [0.717, 1.165) is 30.1 Å². The number of benzene rings is 1. The molecule has 3 N–H and O–H groups in total. The molecule has 1 aromatic carbocycles. The lowest BCUT2D eigenvalue weighted by molar-refractivity contribution is 0.318. The van der Waals surface area contributed by atoms with Crippen LogP contribution in [0.1, 0.15) is 24.8 Å². The van der Waals surface area contributed by atoms with Crippen molar-refractivity contribution in [1.29, 1.82) is 0 Å². The molecular formula is C13H19N3O2. The Hall–Kier alpha value is -1.91. The summed E-state index contributed by atoms with van der Waals surface area (Å²) in [5.74, 6) is 0.920. The lowest BCUT2D eigenvalue weighted by Gasteiger charge is -2.30. The van der Waals surface area contributed by atoms with E-state index >= 15 is 0 Å². The zero-order valence-electron chi connectivity index (χ0n) is 10.6. The Morgan fingerprint density at radius 1 is 1.33 bits per heavy atom. The Kier molecular flexibility index (Phi) is 3.92. The third kappa shape index (κ3) is 2.50. The quantitative estimate of drug-likeness (QED) is 0.371. The predicted molar refractivity (Wildman–Crippen MR) is 71.6 cm³/mol. The molecule has 0 unspecified atom stereocenters. The number of hydrogen-bond donors (Lipinski definition) is 2. The first kappa shape index (κ1) is 12.5. The average Bonchev–Trinajstić information content (AvgIpc) is 2.46. The average molecular weight is 249 g/mol. The first-order valence-electron chi connectivity index (χ1n) is 6.17. The largest absolute Gasteiger partial charge is 0.497 e. The van der Waals surface area contributed by atoms with Gasteiger partial charge in [0.2, 0.25) is 0 Å². The highest BCUT2D eigenvalue weighted by molar-refractivity contribution is 6.02. The van der Waals surface area contributed by atoms with Gasteiger partial charge in [0.1, 0.15) is 5.75 Å². The first-order valence-corrected chi connectivity index (χ1v) is 6.17. The maximum atomic E-state index is 8.85. The van der Waals surface area contributed by atoms with Crippen LogP contribution < -0.4 is 15.4 Å². The molecule has 0 bridgehead atoms. The van der Waals surface area contributed by atoms with Gasteiger partial charge in [-0.25, -0.2) is 0 Å². The minimum absolute atomic E-state index is 0.137. The summed E-state index contributed by atoms with van der Waals surface area (Å²) >= 11 is 0. The van der Waals surface area contributed by atoms with Gasteiger partial charge in [-0.2, -0.15) is 0 Å². The molecule has 5 nitrogen and oxygen atoms in total. The number of methoxy groups -OCH3 is 1. The van der Waals surface area contributed by atoms with E-state index in [0.29, 0.717) is 0 Å². The van der Waals surface area contributed by atoms with Crippen LogP contribution in [0.5, 0.6) is 5.75 Å². The Bertz CT molecular complexity index is 440. The van der Waals surface area contributed by atoms with Gasteiger partial charge in [-0.1, -0.05) is 5.16 Å². The van der Waals surface area contributed by atoms with Crippen LogP contribution in [-0.2, 0) is 0 Å². The van der Waals surface area contributed by atoms with Crippen LogP contribution in [0.4, 0.5) is 5.69 Å². The van der Waals surface area contributed by atoms with Crippen LogP contribution in [-0.4, -0.2) is 31.2 Å². The van der Waals surface area contributed by atoms with Gasteiger partial charge < -0.3 is 20.6 Å². The van der Waals surface area contributed by atoms with Gasteiger partial charge in [-0.05, 0) is 31.4 Å². The summed E-state index contributed by atoms with van der Waals surface area (Å²) in [6, 6.07) is 5.59. The molecular weight excluding hydrogens is 230 g/mol. The van der Waals surface area contributed by atoms with Gasteiger partial charge >= 0.3 is 0 Å². The number of nitrogens with zero attached hydrogens (tertiary/aromatic N) is 2. The lowest BCUT2D eigenvalue weighted by atomic mass is 10.1. The van der Waals surface area contributed by atoms with Crippen LogP contribution in [0, 0.1) is 0 Å². The fourth-order valence-corrected chi connectivity index (χ4v) is 2.31. The maximum Gasteiger partial charge on any atom is 0.172 e. The molecule has 18 heavy (non-hydrogen) atoms. The van der Waals surface area contributed by atoms with E-state index in [-0.39, 0.29) is 5.84 Å². The SMILES string of the molecule is COc1ccc(/C(N)=N/O)c(N2CCCCC2)c1. The minimum Gasteiger partial charge on any atom is -0.497 e. The van der Waals surface area contributed by atoms with E-state index in [1.165, 1.54) is 19.3 Å². The smallest absolute Gasteiger partial charge is 0.172 e. The molecule has 98 valence electrons. The van der Waals surface area contributed by atoms with E-state index in [9.17, 15) is 0 Å². The predicted octanol–water partition coefficient (Wildman–Crippen LogP) is 1.78. The summed E-state index contributed by atoms with van der Waals surface area (Å²) in [7, 11) is 1.64. The summed E-state index contributed by atoms with van der Waals surface area (Å²) in [5.41, 5.74) is 7.45. The number of ether oxygens (including phenoxy) is 1. The van der Waals surface area contributed by atoms with Gasteiger partial charge in [0.15, 0.2) is 5.84 Å². The van der Waals surface area contributed by atoms with Crippen molar-refractivity contribution in [3.8, 4) is 5.75 Å². The second kappa shape index (κ2) is 5.62. The number of nitrogens with two attached hydrogens (primary N) is 1. The molecule has 1 saturated heterocycles. The minimum atomic E-state index is 0.137. The van der Waals surface area contributed by atoms with E-state index in [2.05, 4.69) is 10.1 Å². The maximum absolute atomic E-state index is 8.85. The van der Waals surface area contributed by atoms with Crippen molar-refractivity contribution in [1.82, 2.24) is 0 Å². The van der Waals surface area contributed by atoms with Crippen LogP contribution in [0.15, 0.2) is 23.4 Å². The van der Waals surface area contributed by atoms with Crippen LogP contribution in [0.3, 0.4) is 0 Å². The van der Waals surface area contributed by atoms with Crippen LogP contribution in [0.2, 0.25) is 0 Å². The van der Waals surface area contributed by atoms with Crippen molar-refractivity contribution in [2.75, 3.05) is 25.1 Å². The monoisotopic (exact) mass is 249 g/mol. The number of hydrogen-bond acceptors (Lipinski definition) is 4. The summed E-state index contributed by atoms with van der Waals surface area (Å²) in [5, 5.41) is 11.9. The number of anilines is 1. The first-order chi connectivity index (χ1) is 8.76. The number of oxime groups is 1. The highest BCUT2D eigenvalue weighted by atomic mass is 16.5. The molecule has 1 heterocycles. The molecule has 0 radical (unpaired) electrons. The van der Waals surface area contributed by atoms with Crippen LogP contribution in [0.25, 0.3) is 0 Å². The molecule has 0 aromatic heterocycles. The molecule has 0 amide bonds. The van der Waals surface area contributed by atoms with Gasteiger partial charge in [-0.3, -0.25) is 0 Å². The van der Waals surface area contributed by atoms with Crippen molar-refractivity contribution in [2.24, 2.45) is 10.9 Å². The van der Waals surface area contributed by atoms with Gasteiger partial charge in [0.05, 0.1) is 12.8 Å². The van der Waals surface area contributed by atoms with Crippen molar-refractivity contribution in [2.45, 2.75) is 19.3 Å². The fraction of sp³-hybridized carbons (Fsp3) is 0.462. The lowest BCUT2D eigenvalue weighted by Crippen LogP contribution is -2.31. The molecule has 1 aromatic rings. The van der Waals surface area contributed by atoms with Crippen molar-refractivity contribution >= 4 is 11.5 Å². The third-order valence-electron chi connectivity index (χ3n) is 3.29. The van der Waals surface area contributed by atoms with E-state index in [4.69, 9.17) is 15.7 Å². The Morgan fingerprint density at radius 2 is 2.06 bits per heavy atom. The summed E-state index contributed by atoms with van der Waals surface area (Å²) in [4.78, 5) is 2.26. The molecule has 5 heteroatoms. The number of piperidine rings is 1. The standard InChI is InChI=1S/C13H19N3O2/c1-18-10-5-6-11(13(14)15-17)12(9-10)16-7-3-2-4-8-16/h5-6,9,17H,2-4,7-8H2,1H3,(H2,14,15). The molecule has 0 saturated carbocycles. The highest BCUT2D eigenvalue weighted by Gasteiger charge is 2.17. The Balaban J connectivity index is 2.39. The fourth-order valence-electron chi connectivity index (χ4n) is 2.31. The Labute approximate surface area is 107 Å². The van der Waals surface area contributed by atoms with E-state index in [1.807, 2.05) is 18.2 Å². The molecule has 1 aliphatic rings. The molecule has 1 fully saturated rings. The zero-order valence-corrected chi connectivity index (χ0v) is 10.6. The topological polar surface area (TPSA) is 71.1 Å².